The molecule has 0 saturated heterocycles. The van der Waals surface area contributed by atoms with Gasteiger partial charge in [0.2, 0.25) is 0 Å². The van der Waals surface area contributed by atoms with Crippen LogP contribution in [-0.4, -0.2) is 23.7 Å². The summed E-state index contributed by atoms with van der Waals surface area (Å²) in [6, 6.07) is 5.53. The van der Waals surface area contributed by atoms with Crippen LogP contribution in [0.1, 0.15) is 37.6 Å². The average Bonchev–Trinajstić information content (AvgIpc) is 2.29. The maximum Gasteiger partial charge on any atom is 0.337 e. The summed E-state index contributed by atoms with van der Waals surface area (Å²) in [5.74, 6) is -0.986. The van der Waals surface area contributed by atoms with E-state index >= 15 is 0 Å². The van der Waals surface area contributed by atoms with E-state index < -0.39 is 5.97 Å². The van der Waals surface area contributed by atoms with Gasteiger partial charge in [0.05, 0.1) is 5.56 Å². The Morgan fingerprint density at radius 3 is 2.53 bits per heavy atom. The molecule has 0 aliphatic rings. The molecule has 0 bridgehead atoms. The number of benzene rings is 1. The molecular formula is C13H20N2O2. The van der Waals surface area contributed by atoms with Crippen molar-refractivity contribution in [3.05, 3.63) is 23.8 Å². The van der Waals surface area contributed by atoms with Crippen LogP contribution in [0.5, 0.6) is 0 Å². The first-order valence-corrected chi connectivity index (χ1v) is 5.90. The SMILES string of the molecule is CCC(C)N(CC)c1ccc(C(=O)O)c(N)c1. The van der Waals surface area contributed by atoms with Crippen LogP contribution in [-0.2, 0) is 0 Å². The number of aromatic carboxylic acids is 1. The van der Waals surface area contributed by atoms with Gasteiger partial charge in [-0.05, 0) is 38.5 Å². The lowest BCUT2D eigenvalue weighted by molar-refractivity contribution is 0.0698. The third-order valence-corrected chi connectivity index (χ3v) is 3.06. The van der Waals surface area contributed by atoms with Gasteiger partial charge in [-0.2, -0.15) is 0 Å². The second kappa shape index (κ2) is 5.57. The van der Waals surface area contributed by atoms with Crippen molar-refractivity contribution in [1.82, 2.24) is 0 Å². The zero-order valence-electron chi connectivity index (χ0n) is 10.6. The largest absolute Gasteiger partial charge is 0.478 e. The van der Waals surface area contributed by atoms with Crippen molar-refractivity contribution in [2.75, 3.05) is 17.2 Å². The molecule has 1 aromatic rings. The fourth-order valence-corrected chi connectivity index (χ4v) is 1.89. The van der Waals surface area contributed by atoms with Crippen molar-refractivity contribution in [3.8, 4) is 0 Å². The zero-order valence-corrected chi connectivity index (χ0v) is 10.6. The number of anilines is 2. The number of carboxylic acid groups (broad SMARTS) is 1. The van der Waals surface area contributed by atoms with Gasteiger partial charge < -0.3 is 15.7 Å². The molecular weight excluding hydrogens is 216 g/mol. The molecule has 0 aliphatic carbocycles. The quantitative estimate of drug-likeness (QED) is 0.771. The van der Waals surface area contributed by atoms with Gasteiger partial charge in [-0.25, -0.2) is 4.79 Å². The fourth-order valence-electron chi connectivity index (χ4n) is 1.89. The van der Waals surface area contributed by atoms with E-state index in [2.05, 4.69) is 25.7 Å². The van der Waals surface area contributed by atoms with Gasteiger partial charge in [0.15, 0.2) is 0 Å². The topological polar surface area (TPSA) is 66.6 Å². The third kappa shape index (κ3) is 2.90. The number of nitrogens with zero attached hydrogens (tertiary/aromatic N) is 1. The Morgan fingerprint density at radius 2 is 2.12 bits per heavy atom. The Balaban J connectivity index is 3.07. The highest BCUT2D eigenvalue weighted by molar-refractivity contribution is 5.94. The van der Waals surface area contributed by atoms with Gasteiger partial charge >= 0.3 is 5.97 Å². The first-order chi connectivity index (χ1) is 8.01. The maximum absolute atomic E-state index is 10.9. The van der Waals surface area contributed by atoms with E-state index in [1.165, 1.54) is 0 Å². The van der Waals surface area contributed by atoms with E-state index in [9.17, 15) is 4.79 Å². The van der Waals surface area contributed by atoms with E-state index in [-0.39, 0.29) is 5.56 Å². The molecule has 4 nitrogen and oxygen atoms in total. The van der Waals surface area contributed by atoms with Gasteiger partial charge in [-0.3, -0.25) is 0 Å². The number of carboxylic acids is 1. The molecule has 0 aliphatic heterocycles. The van der Waals surface area contributed by atoms with Crippen LogP contribution in [0.25, 0.3) is 0 Å². The van der Waals surface area contributed by atoms with Crippen molar-refractivity contribution < 1.29 is 9.90 Å². The second-order valence-electron chi connectivity index (χ2n) is 4.12. The van der Waals surface area contributed by atoms with Gasteiger partial charge in [0.1, 0.15) is 0 Å². The molecule has 4 heteroatoms. The summed E-state index contributed by atoms with van der Waals surface area (Å²) in [6.45, 7) is 7.22. The Hall–Kier alpha value is -1.71. The molecule has 17 heavy (non-hydrogen) atoms. The van der Waals surface area contributed by atoms with Crippen molar-refractivity contribution in [1.29, 1.82) is 0 Å². The van der Waals surface area contributed by atoms with Crippen LogP contribution in [0.3, 0.4) is 0 Å². The average molecular weight is 236 g/mol. The Kier molecular flexibility index (Phi) is 4.37. The molecule has 0 spiro atoms. The summed E-state index contributed by atoms with van der Waals surface area (Å²) in [5, 5.41) is 8.91. The van der Waals surface area contributed by atoms with Crippen LogP contribution in [0, 0.1) is 0 Å². The molecule has 0 amide bonds. The Bertz CT molecular complexity index is 404. The molecule has 1 atom stereocenters. The first-order valence-electron chi connectivity index (χ1n) is 5.90. The monoisotopic (exact) mass is 236 g/mol. The summed E-state index contributed by atoms with van der Waals surface area (Å²) >= 11 is 0. The lowest BCUT2D eigenvalue weighted by Crippen LogP contribution is -2.32. The second-order valence-corrected chi connectivity index (χ2v) is 4.12. The summed E-state index contributed by atoms with van der Waals surface area (Å²) < 4.78 is 0. The summed E-state index contributed by atoms with van der Waals surface area (Å²) in [6.07, 6.45) is 1.04. The van der Waals surface area contributed by atoms with E-state index in [0.717, 1.165) is 18.7 Å². The Labute approximate surface area is 102 Å². The molecule has 3 N–H and O–H groups in total. The number of hydrogen-bond donors (Lipinski definition) is 2. The molecule has 0 saturated carbocycles. The lowest BCUT2D eigenvalue weighted by atomic mass is 10.1. The minimum atomic E-state index is -0.986. The molecule has 94 valence electrons. The molecule has 0 radical (unpaired) electrons. The predicted molar refractivity (Wildman–Crippen MR) is 70.6 cm³/mol. The molecule has 1 aromatic carbocycles. The lowest BCUT2D eigenvalue weighted by Gasteiger charge is -2.29. The molecule has 0 fully saturated rings. The maximum atomic E-state index is 10.9. The minimum Gasteiger partial charge on any atom is -0.478 e. The normalized spacial score (nSPS) is 12.2. The van der Waals surface area contributed by atoms with Crippen LogP contribution in [0.2, 0.25) is 0 Å². The van der Waals surface area contributed by atoms with E-state index in [1.807, 2.05) is 6.07 Å². The molecule has 1 rings (SSSR count). The predicted octanol–water partition coefficient (Wildman–Crippen LogP) is 2.59. The first kappa shape index (κ1) is 13.4. The van der Waals surface area contributed by atoms with Gasteiger partial charge in [-0.1, -0.05) is 6.92 Å². The molecule has 0 heterocycles. The zero-order chi connectivity index (χ0) is 13.0. The number of rotatable bonds is 5. The van der Waals surface area contributed by atoms with E-state index in [4.69, 9.17) is 10.8 Å². The summed E-state index contributed by atoms with van der Waals surface area (Å²) in [5.41, 5.74) is 7.20. The van der Waals surface area contributed by atoms with Crippen LogP contribution < -0.4 is 10.6 Å². The molecule has 1 unspecified atom stereocenters. The Morgan fingerprint density at radius 1 is 1.47 bits per heavy atom. The van der Waals surface area contributed by atoms with Gasteiger partial charge in [0, 0.05) is 24.0 Å². The highest BCUT2D eigenvalue weighted by atomic mass is 16.4. The number of hydrogen-bond acceptors (Lipinski definition) is 3. The van der Waals surface area contributed by atoms with Crippen molar-refractivity contribution >= 4 is 17.3 Å². The van der Waals surface area contributed by atoms with E-state index in [0.29, 0.717) is 11.7 Å². The van der Waals surface area contributed by atoms with Crippen molar-refractivity contribution in [3.63, 3.8) is 0 Å². The highest BCUT2D eigenvalue weighted by Crippen LogP contribution is 2.23. The van der Waals surface area contributed by atoms with Crippen molar-refractivity contribution in [2.45, 2.75) is 33.2 Å². The fraction of sp³-hybridized carbons (Fsp3) is 0.462. The minimum absolute atomic E-state index is 0.161. The smallest absolute Gasteiger partial charge is 0.337 e. The summed E-state index contributed by atoms with van der Waals surface area (Å²) in [7, 11) is 0. The van der Waals surface area contributed by atoms with Gasteiger partial charge in [0.25, 0.3) is 0 Å². The number of nitrogen functional groups attached to an aromatic ring is 1. The number of nitrogens with two attached hydrogens (primary N) is 1. The highest BCUT2D eigenvalue weighted by Gasteiger charge is 2.14. The summed E-state index contributed by atoms with van der Waals surface area (Å²) in [4.78, 5) is 13.1. The number of carbonyl (C=O) groups is 1. The van der Waals surface area contributed by atoms with Crippen LogP contribution in [0.4, 0.5) is 11.4 Å². The van der Waals surface area contributed by atoms with Crippen molar-refractivity contribution in [2.24, 2.45) is 0 Å². The van der Waals surface area contributed by atoms with Gasteiger partial charge in [-0.15, -0.1) is 0 Å². The van der Waals surface area contributed by atoms with Crippen LogP contribution >= 0.6 is 0 Å². The molecule has 0 aromatic heterocycles. The standard InChI is InChI=1S/C13H20N2O2/c1-4-9(3)15(5-2)10-6-7-11(13(16)17)12(14)8-10/h6-9H,4-5,14H2,1-3H3,(H,16,17). The van der Waals surface area contributed by atoms with E-state index in [1.54, 1.807) is 12.1 Å². The third-order valence-electron chi connectivity index (χ3n) is 3.06. The van der Waals surface area contributed by atoms with Crippen LogP contribution in [0.15, 0.2) is 18.2 Å².